The monoisotopic (exact) mass is 129 g/mol. The number of hydrogen-bond donors (Lipinski definition) is 2. The van der Waals surface area contributed by atoms with E-state index in [-0.39, 0.29) is 0 Å². The molecule has 0 fully saturated rings. The SMILES string of the molecule is O=C(O)NC(F)(F)F. The van der Waals surface area contributed by atoms with E-state index in [1.54, 1.807) is 0 Å². The Hall–Kier alpha value is -0.940. The van der Waals surface area contributed by atoms with Gasteiger partial charge in [-0.1, -0.05) is 0 Å². The fraction of sp³-hybridized carbons (Fsp3) is 0.500. The van der Waals surface area contributed by atoms with E-state index in [2.05, 4.69) is 0 Å². The van der Waals surface area contributed by atoms with Gasteiger partial charge >= 0.3 is 12.4 Å². The first-order valence-electron chi connectivity index (χ1n) is 1.49. The molecular weight excluding hydrogens is 127 g/mol. The van der Waals surface area contributed by atoms with Crippen LogP contribution < -0.4 is 5.32 Å². The molecular formula is C2H2F3NO2. The lowest BCUT2D eigenvalue weighted by atomic mass is 11.0. The zero-order valence-electron chi connectivity index (χ0n) is 3.49. The van der Waals surface area contributed by atoms with Crippen LogP contribution in [0.4, 0.5) is 18.0 Å². The van der Waals surface area contributed by atoms with Crippen molar-refractivity contribution in [2.45, 2.75) is 6.30 Å². The van der Waals surface area contributed by atoms with Crippen molar-refractivity contribution in [2.75, 3.05) is 0 Å². The smallest absolute Gasteiger partial charge is 0.465 e. The second kappa shape index (κ2) is 1.89. The Bertz CT molecular complexity index is 97.9. The Balaban J connectivity index is 3.55. The standard InChI is InChI=1S/C2H2F3NO2/c3-2(4,5)6-1(7)8/h6H,(H,7,8). The summed E-state index contributed by atoms with van der Waals surface area (Å²) in [5.41, 5.74) is 0. The summed E-state index contributed by atoms with van der Waals surface area (Å²) in [5.74, 6) is 0. The quantitative estimate of drug-likeness (QED) is 0.474. The number of rotatable bonds is 0. The molecule has 1 amide bonds. The lowest BCUT2D eigenvalue weighted by Crippen LogP contribution is -2.35. The Kier molecular flexibility index (Phi) is 1.67. The number of nitrogens with one attached hydrogen (secondary N) is 1. The van der Waals surface area contributed by atoms with E-state index >= 15 is 0 Å². The average molecular weight is 129 g/mol. The molecule has 8 heavy (non-hydrogen) atoms. The number of halogens is 3. The number of carboxylic acid groups (broad SMARTS) is 1. The van der Waals surface area contributed by atoms with Gasteiger partial charge in [0.1, 0.15) is 0 Å². The van der Waals surface area contributed by atoms with Crippen molar-refractivity contribution >= 4 is 6.09 Å². The van der Waals surface area contributed by atoms with Crippen LogP contribution in [0.1, 0.15) is 0 Å². The van der Waals surface area contributed by atoms with Crippen LogP contribution in [-0.2, 0) is 0 Å². The van der Waals surface area contributed by atoms with Gasteiger partial charge < -0.3 is 5.11 Å². The number of hydrogen-bond acceptors (Lipinski definition) is 1. The van der Waals surface area contributed by atoms with Crippen molar-refractivity contribution in [3.63, 3.8) is 0 Å². The van der Waals surface area contributed by atoms with Crippen molar-refractivity contribution in [1.82, 2.24) is 5.32 Å². The average Bonchev–Trinajstić information content (AvgIpc) is 1.21. The van der Waals surface area contributed by atoms with Crippen LogP contribution in [0.25, 0.3) is 0 Å². The molecule has 0 bridgehead atoms. The van der Waals surface area contributed by atoms with Crippen molar-refractivity contribution in [3.8, 4) is 0 Å². The number of alkyl halides is 3. The molecule has 3 nitrogen and oxygen atoms in total. The maximum absolute atomic E-state index is 10.8. The van der Waals surface area contributed by atoms with Gasteiger partial charge in [0.15, 0.2) is 0 Å². The molecule has 0 aliphatic carbocycles. The van der Waals surface area contributed by atoms with Gasteiger partial charge in [0.2, 0.25) is 0 Å². The molecule has 0 aliphatic heterocycles. The first-order chi connectivity index (χ1) is 3.42. The van der Waals surface area contributed by atoms with Gasteiger partial charge in [-0.25, -0.2) is 10.1 Å². The topological polar surface area (TPSA) is 49.3 Å². The summed E-state index contributed by atoms with van der Waals surface area (Å²) in [6.07, 6.45) is -6.93. The molecule has 0 heterocycles. The Labute approximate surface area is 42.1 Å². The number of amides is 1. The largest absolute Gasteiger partial charge is 0.487 e. The molecule has 0 unspecified atom stereocenters. The van der Waals surface area contributed by atoms with Crippen molar-refractivity contribution in [1.29, 1.82) is 0 Å². The van der Waals surface area contributed by atoms with Crippen LogP contribution in [0.3, 0.4) is 0 Å². The Morgan fingerprint density at radius 1 is 1.50 bits per heavy atom. The van der Waals surface area contributed by atoms with Gasteiger partial charge in [0.25, 0.3) is 0 Å². The third kappa shape index (κ3) is 5.06. The third-order valence-electron chi connectivity index (χ3n) is 0.249. The summed E-state index contributed by atoms with van der Waals surface area (Å²) in [4.78, 5) is 9.18. The van der Waals surface area contributed by atoms with Crippen molar-refractivity contribution < 1.29 is 23.1 Å². The maximum atomic E-state index is 10.8. The molecule has 6 heteroatoms. The zero-order valence-corrected chi connectivity index (χ0v) is 3.49. The summed E-state index contributed by atoms with van der Waals surface area (Å²) < 4.78 is 32.4. The lowest BCUT2D eigenvalue weighted by molar-refractivity contribution is -0.148. The highest BCUT2D eigenvalue weighted by Gasteiger charge is 2.29. The molecule has 0 aliphatic rings. The van der Waals surface area contributed by atoms with Gasteiger partial charge in [0.05, 0.1) is 0 Å². The summed E-state index contributed by atoms with van der Waals surface area (Å²) >= 11 is 0. The second-order valence-corrected chi connectivity index (χ2v) is 0.928. The molecule has 0 saturated carbocycles. The first kappa shape index (κ1) is 7.06. The predicted molar refractivity (Wildman–Crippen MR) is 17.2 cm³/mol. The van der Waals surface area contributed by atoms with Crippen LogP contribution in [0.15, 0.2) is 0 Å². The number of carbonyl (C=O) groups is 1. The molecule has 0 rings (SSSR count). The van der Waals surface area contributed by atoms with E-state index in [4.69, 9.17) is 5.11 Å². The Morgan fingerprint density at radius 3 is 1.88 bits per heavy atom. The van der Waals surface area contributed by atoms with Crippen LogP contribution in [0.5, 0.6) is 0 Å². The third-order valence-corrected chi connectivity index (χ3v) is 0.249. The molecule has 0 radical (unpaired) electrons. The fourth-order valence-electron chi connectivity index (χ4n) is 0.121. The molecule has 2 N–H and O–H groups in total. The summed E-state index contributed by atoms with van der Waals surface area (Å²) in [6, 6.07) is 0. The molecule has 0 spiro atoms. The first-order valence-corrected chi connectivity index (χ1v) is 1.49. The highest BCUT2D eigenvalue weighted by Crippen LogP contribution is 2.08. The molecule has 0 atom stereocenters. The molecule has 0 saturated heterocycles. The van der Waals surface area contributed by atoms with Gasteiger partial charge in [-0.2, -0.15) is 13.2 Å². The van der Waals surface area contributed by atoms with Crippen LogP contribution in [0.2, 0.25) is 0 Å². The van der Waals surface area contributed by atoms with E-state index in [0.717, 1.165) is 0 Å². The van der Waals surface area contributed by atoms with Crippen LogP contribution >= 0.6 is 0 Å². The minimum atomic E-state index is -4.83. The van der Waals surface area contributed by atoms with Crippen LogP contribution in [-0.4, -0.2) is 17.5 Å². The zero-order chi connectivity index (χ0) is 6.78. The second-order valence-electron chi connectivity index (χ2n) is 0.928. The normalized spacial score (nSPS) is 10.9. The highest BCUT2D eigenvalue weighted by atomic mass is 19.4. The Morgan fingerprint density at radius 2 is 1.88 bits per heavy atom. The van der Waals surface area contributed by atoms with Crippen molar-refractivity contribution in [3.05, 3.63) is 0 Å². The van der Waals surface area contributed by atoms with Gasteiger partial charge in [0, 0.05) is 0 Å². The predicted octanol–water partition coefficient (Wildman–Crippen LogP) is 0.774. The summed E-state index contributed by atoms with van der Waals surface area (Å²) in [5, 5.41) is 7.72. The van der Waals surface area contributed by atoms with Crippen LogP contribution in [0, 0.1) is 0 Å². The fourth-order valence-corrected chi connectivity index (χ4v) is 0.121. The van der Waals surface area contributed by atoms with E-state index in [1.165, 1.54) is 0 Å². The van der Waals surface area contributed by atoms with E-state index in [0.29, 0.717) is 5.32 Å². The summed E-state index contributed by atoms with van der Waals surface area (Å²) in [7, 11) is 0. The van der Waals surface area contributed by atoms with Gasteiger partial charge in [-0.3, -0.25) is 0 Å². The van der Waals surface area contributed by atoms with Gasteiger partial charge in [-0.15, -0.1) is 0 Å². The maximum Gasteiger partial charge on any atom is 0.487 e. The molecule has 0 aromatic carbocycles. The molecule has 0 aromatic rings. The lowest BCUT2D eigenvalue weighted by Gasteiger charge is -2.01. The van der Waals surface area contributed by atoms with E-state index < -0.39 is 12.4 Å². The molecule has 48 valence electrons. The highest BCUT2D eigenvalue weighted by molar-refractivity contribution is 5.64. The van der Waals surface area contributed by atoms with Gasteiger partial charge in [-0.05, 0) is 0 Å². The molecule has 0 aromatic heterocycles. The van der Waals surface area contributed by atoms with E-state index in [9.17, 15) is 18.0 Å². The summed E-state index contributed by atoms with van der Waals surface area (Å²) in [6.45, 7) is 0. The van der Waals surface area contributed by atoms with E-state index in [1.807, 2.05) is 0 Å². The minimum absolute atomic E-state index is 0.299. The minimum Gasteiger partial charge on any atom is -0.465 e. The van der Waals surface area contributed by atoms with Crippen molar-refractivity contribution in [2.24, 2.45) is 0 Å².